The molecule has 4 fully saturated rings. The van der Waals surface area contributed by atoms with E-state index in [0.717, 1.165) is 32.2 Å². The third-order valence-electron chi connectivity index (χ3n) is 10.6. The molecule has 2 unspecified atom stereocenters. The molecule has 1 saturated carbocycles. The Kier molecular flexibility index (Phi) is 7.85. The highest BCUT2D eigenvalue weighted by atomic mass is 19.1. The lowest BCUT2D eigenvalue weighted by molar-refractivity contribution is -0.0319. The van der Waals surface area contributed by atoms with E-state index in [1.165, 1.54) is 18.2 Å². The second kappa shape index (κ2) is 12.1. The van der Waals surface area contributed by atoms with E-state index < -0.39 is 23.9 Å². The Labute approximate surface area is 277 Å². The Hall–Kier alpha value is -4.11. The first-order valence-electron chi connectivity index (χ1n) is 16.7. The summed E-state index contributed by atoms with van der Waals surface area (Å²) in [5.41, 5.74) is 0.0515. The van der Waals surface area contributed by atoms with Crippen molar-refractivity contribution >= 4 is 27.5 Å². The smallest absolute Gasteiger partial charge is 0.319 e. The molecule has 3 saturated heterocycles. The molecule has 48 heavy (non-hydrogen) atoms. The minimum absolute atomic E-state index is 0.0217. The van der Waals surface area contributed by atoms with Gasteiger partial charge in [0.1, 0.15) is 35.2 Å². The van der Waals surface area contributed by atoms with Gasteiger partial charge >= 0.3 is 6.01 Å². The van der Waals surface area contributed by atoms with Crippen molar-refractivity contribution in [3.63, 3.8) is 0 Å². The van der Waals surface area contributed by atoms with E-state index in [2.05, 4.69) is 26.0 Å². The second-order valence-corrected chi connectivity index (χ2v) is 14.0. The van der Waals surface area contributed by atoms with Gasteiger partial charge in [-0.1, -0.05) is 18.1 Å². The fourth-order valence-corrected chi connectivity index (χ4v) is 7.95. The Bertz CT molecular complexity index is 1930. The molecule has 0 spiro atoms. The molecule has 0 amide bonds. The number of aromatic hydroxyl groups is 1. The van der Waals surface area contributed by atoms with Gasteiger partial charge in [0.15, 0.2) is 5.82 Å². The van der Waals surface area contributed by atoms with Gasteiger partial charge in [-0.05, 0) is 61.8 Å². The maximum absolute atomic E-state index is 16.9. The highest BCUT2D eigenvalue weighted by Crippen LogP contribution is 2.47. The van der Waals surface area contributed by atoms with Crippen LogP contribution in [0, 0.1) is 29.4 Å². The maximum Gasteiger partial charge on any atom is 0.319 e. The van der Waals surface area contributed by atoms with Crippen LogP contribution in [0.15, 0.2) is 36.4 Å². The van der Waals surface area contributed by atoms with Gasteiger partial charge in [-0.2, -0.15) is 9.97 Å². The number of fused-ring (bicyclic) bond motifs is 4. The number of phenols is 1. The van der Waals surface area contributed by atoms with Crippen molar-refractivity contribution in [3.05, 3.63) is 53.6 Å². The van der Waals surface area contributed by atoms with Crippen LogP contribution in [-0.2, 0) is 4.74 Å². The molecule has 8 nitrogen and oxygen atoms in total. The number of methoxy groups -OCH3 is 1. The van der Waals surface area contributed by atoms with Crippen LogP contribution in [0.1, 0.15) is 37.7 Å². The topological polar surface area (TPSA) is 83.0 Å². The standard InChI is InChI=1S/C37H38F3N5O3/c1-3-21-5-4-6-22-13-25(46)14-26(31(21)22)32-29(39)15-27-34(33(32)40)42-36(43-35(27)45-16-23-7-8-24(17-45)41-23)48-20-37(10-11-37)19-44-12-9-28(38)30(18-44)47-2/h1,4-6,13-15,23-24,28,30,41,46H,7-12,16-20H2,2H3/t23?,24?,28-,30+/m1/s1. The van der Waals surface area contributed by atoms with Crippen LogP contribution in [0.2, 0.25) is 0 Å². The summed E-state index contributed by atoms with van der Waals surface area (Å²) in [7, 11) is 1.54. The number of halogens is 3. The number of terminal acetylenes is 1. The zero-order chi connectivity index (χ0) is 33.2. The lowest BCUT2D eigenvalue weighted by Crippen LogP contribution is -2.51. The van der Waals surface area contributed by atoms with Gasteiger partial charge in [0.2, 0.25) is 0 Å². The average Bonchev–Trinajstić information content (AvgIpc) is 3.77. The zero-order valence-corrected chi connectivity index (χ0v) is 26.8. The number of aromatic nitrogens is 2. The monoisotopic (exact) mass is 657 g/mol. The van der Waals surface area contributed by atoms with Crippen molar-refractivity contribution in [3.8, 4) is 35.2 Å². The molecule has 2 bridgehead atoms. The van der Waals surface area contributed by atoms with E-state index in [1.54, 1.807) is 25.3 Å². The van der Waals surface area contributed by atoms with E-state index in [4.69, 9.17) is 20.9 Å². The fraction of sp³-hybridized carbons (Fsp3) is 0.459. The quantitative estimate of drug-likeness (QED) is 0.238. The SMILES string of the molecule is C#Cc1cccc2cc(O)cc(-c3c(F)cc4c(N5CC6CCC(C5)N6)nc(OCC5(CN6CC[C@@H](F)[C@@H](OC)C6)CC5)nc4c3F)c12. The van der Waals surface area contributed by atoms with Crippen LogP contribution < -0.4 is 15.0 Å². The molecule has 11 heteroatoms. The van der Waals surface area contributed by atoms with E-state index in [0.29, 0.717) is 61.4 Å². The molecule has 4 atom stereocenters. The molecule has 3 aromatic carbocycles. The lowest BCUT2D eigenvalue weighted by atomic mass is 9.93. The molecule has 4 heterocycles. The minimum atomic E-state index is -0.970. The van der Waals surface area contributed by atoms with Crippen molar-refractivity contribution < 1.29 is 27.8 Å². The number of piperazine rings is 1. The number of alkyl halides is 1. The number of benzene rings is 3. The molecular formula is C37H38F3N5O3. The van der Waals surface area contributed by atoms with E-state index in [9.17, 15) is 9.50 Å². The van der Waals surface area contributed by atoms with Crippen LogP contribution in [-0.4, -0.2) is 90.8 Å². The summed E-state index contributed by atoms with van der Waals surface area (Å²) in [6.07, 6.45) is 8.72. The van der Waals surface area contributed by atoms with Gasteiger partial charge in [-0.25, -0.2) is 13.2 Å². The Morgan fingerprint density at radius 3 is 2.60 bits per heavy atom. The molecule has 8 rings (SSSR count). The van der Waals surface area contributed by atoms with Gasteiger partial charge in [0.25, 0.3) is 0 Å². The molecule has 3 aliphatic heterocycles. The first kappa shape index (κ1) is 31.2. The van der Waals surface area contributed by atoms with Crippen molar-refractivity contribution in [2.45, 2.75) is 56.5 Å². The van der Waals surface area contributed by atoms with Gasteiger partial charge in [0.05, 0.1) is 12.2 Å². The summed E-state index contributed by atoms with van der Waals surface area (Å²) >= 11 is 0. The Balaban J connectivity index is 1.19. The number of rotatable bonds is 8. The largest absolute Gasteiger partial charge is 0.508 e. The highest BCUT2D eigenvalue weighted by molar-refractivity contribution is 6.04. The fourth-order valence-electron chi connectivity index (χ4n) is 7.95. The molecular weight excluding hydrogens is 619 g/mol. The molecule has 1 aromatic heterocycles. The number of nitrogens with zero attached hydrogens (tertiary/aromatic N) is 4. The second-order valence-electron chi connectivity index (χ2n) is 14.0. The molecule has 0 radical (unpaired) electrons. The van der Waals surface area contributed by atoms with Crippen LogP contribution >= 0.6 is 0 Å². The number of nitrogens with one attached hydrogen (secondary N) is 1. The van der Waals surface area contributed by atoms with Crippen LogP contribution in [0.5, 0.6) is 11.8 Å². The first-order chi connectivity index (χ1) is 23.2. The number of phenolic OH excluding ortho intramolecular Hbond substituents is 1. The van der Waals surface area contributed by atoms with Crippen LogP contribution in [0.3, 0.4) is 0 Å². The van der Waals surface area contributed by atoms with Gasteiger partial charge < -0.3 is 24.8 Å². The first-order valence-corrected chi connectivity index (χ1v) is 16.7. The Morgan fingerprint density at radius 1 is 1.08 bits per heavy atom. The molecule has 250 valence electrons. The number of anilines is 1. The summed E-state index contributed by atoms with van der Waals surface area (Å²) in [6, 6.07) is 9.85. The van der Waals surface area contributed by atoms with E-state index in [-0.39, 0.29) is 51.3 Å². The average molecular weight is 658 g/mol. The zero-order valence-electron chi connectivity index (χ0n) is 26.8. The normalized spacial score (nSPS) is 25.0. The number of piperidine rings is 1. The molecule has 4 aliphatic rings. The third-order valence-corrected chi connectivity index (χ3v) is 10.6. The summed E-state index contributed by atoms with van der Waals surface area (Å²) in [5.74, 6) is 1.21. The summed E-state index contributed by atoms with van der Waals surface area (Å²) in [4.78, 5) is 13.7. The van der Waals surface area contributed by atoms with Crippen molar-refractivity contribution in [2.75, 3.05) is 51.3 Å². The number of hydrogen-bond donors (Lipinski definition) is 2. The highest BCUT2D eigenvalue weighted by Gasteiger charge is 2.46. The Morgan fingerprint density at radius 2 is 1.88 bits per heavy atom. The summed E-state index contributed by atoms with van der Waals surface area (Å²) < 4.78 is 59.1. The van der Waals surface area contributed by atoms with E-state index in [1.807, 2.05) is 0 Å². The van der Waals surface area contributed by atoms with Crippen molar-refractivity contribution in [2.24, 2.45) is 5.41 Å². The number of hydrogen-bond acceptors (Lipinski definition) is 8. The molecule has 4 aromatic rings. The number of ether oxygens (including phenoxy) is 2. The minimum Gasteiger partial charge on any atom is -0.508 e. The van der Waals surface area contributed by atoms with Gasteiger partial charge in [-0.3, -0.25) is 4.90 Å². The van der Waals surface area contributed by atoms with Crippen LogP contribution in [0.25, 0.3) is 32.8 Å². The van der Waals surface area contributed by atoms with Crippen LogP contribution in [0.4, 0.5) is 19.0 Å². The molecule has 1 aliphatic carbocycles. The maximum atomic E-state index is 16.9. The molecule has 2 N–H and O–H groups in total. The van der Waals surface area contributed by atoms with Crippen molar-refractivity contribution in [1.29, 1.82) is 0 Å². The van der Waals surface area contributed by atoms with Gasteiger partial charge in [-0.15, -0.1) is 6.42 Å². The van der Waals surface area contributed by atoms with Gasteiger partial charge in [0, 0.05) is 79.2 Å². The summed E-state index contributed by atoms with van der Waals surface area (Å²) in [6.45, 7) is 3.50. The predicted molar refractivity (Wildman–Crippen MR) is 178 cm³/mol. The number of likely N-dealkylation sites (tertiary alicyclic amines) is 1. The summed E-state index contributed by atoms with van der Waals surface area (Å²) in [5, 5.41) is 15.4. The predicted octanol–water partition coefficient (Wildman–Crippen LogP) is 5.57. The lowest BCUT2D eigenvalue weighted by Gasteiger charge is -2.36. The van der Waals surface area contributed by atoms with E-state index >= 15 is 8.78 Å². The van der Waals surface area contributed by atoms with Crippen molar-refractivity contribution in [1.82, 2.24) is 20.2 Å². The third kappa shape index (κ3) is 5.59.